The van der Waals surface area contributed by atoms with Gasteiger partial charge in [-0.15, -0.1) is 20.4 Å². The fourth-order valence-electron chi connectivity index (χ4n) is 3.35. The van der Waals surface area contributed by atoms with E-state index >= 15 is 0 Å². The zero-order valence-electron chi connectivity index (χ0n) is 20.8. The minimum atomic E-state index is -0.156. The van der Waals surface area contributed by atoms with Gasteiger partial charge in [-0.2, -0.15) is 11.8 Å². The molecule has 2 aromatic carbocycles. The number of amides is 2. The highest BCUT2D eigenvalue weighted by Gasteiger charge is 2.12. The van der Waals surface area contributed by atoms with Crippen LogP contribution in [0.15, 0.2) is 48.5 Å². The lowest BCUT2D eigenvalue weighted by atomic mass is 10.1. The molecule has 0 spiro atoms. The van der Waals surface area contributed by atoms with E-state index in [1.165, 1.54) is 22.7 Å². The van der Waals surface area contributed by atoms with Crippen molar-refractivity contribution in [1.29, 1.82) is 0 Å². The van der Waals surface area contributed by atoms with E-state index in [9.17, 15) is 9.59 Å². The maximum Gasteiger partial charge on any atom is 0.230 e. The molecule has 4 aromatic rings. The highest BCUT2D eigenvalue weighted by molar-refractivity contribution is 7.98. The van der Waals surface area contributed by atoms with Crippen LogP contribution in [0.3, 0.4) is 0 Å². The molecule has 38 heavy (non-hydrogen) atoms. The number of benzene rings is 2. The molecule has 2 amide bonds. The number of rotatable bonds is 13. The van der Waals surface area contributed by atoms with Crippen molar-refractivity contribution in [2.75, 3.05) is 30.6 Å². The van der Waals surface area contributed by atoms with Gasteiger partial charge in [-0.25, -0.2) is 0 Å². The molecule has 0 radical (unpaired) electrons. The Morgan fingerprint density at radius 2 is 1.32 bits per heavy atom. The summed E-state index contributed by atoms with van der Waals surface area (Å²) < 4.78 is 10.4. The highest BCUT2D eigenvalue weighted by atomic mass is 32.2. The zero-order chi connectivity index (χ0) is 26.7. The van der Waals surface area contributed by atoms with Crippen LogP contribution in [0.25, 0.3) is 0 Å². The van der Waals surface area contributed by atoms with Crippen molar-refractivity contribution in [2.45, 2.75) is 25.0 Å². The Balaban J connectivity index is 1.15. The average molecular weight is 571 g/mol. The smallest absolute Gasteiger partial charge is 0.230 e. The first-order valence-electron chi connectivity index (χ1n) is 11.6. The van der Waals surface area contributed by atoms with Crippen molar-refractivity contribution in [2.24, 2.45) is 0 Å². The number of ether oxygens (including phenoxy) is 2. The summed E-state index contributed by atoms with van der Waals surface area (Å²) >= 11 is 4.42. The Morgan fingerprint density at radius 1 is 0.789 bits per heavy atom. The van der Waals surface area contributed by atoms with E-state index < -0.39 is 0 Å². The van der Waals surface area contributed by atoms with Crippen molar-refractivity contribution in [3.63, 3.8) is 0 Å². The number of hydrogen-bond acceptors (Lipinski definition) is 11. The molecular weight excluding hydrogens is 545 g/mol. The van der Waals surface area contributed by atoms with Crippen molar-refractivity contribution in [1.82, 2.24) is 20.4 Å². The van der Waals surface area contributed by atoms with Crippen molar-refractivity contribution >= 4 is 56.5 Å². The lowest BCUT2D eigenvalue weighted by Crippen LogP contribution is -2.14. The van der Waals surface area contributed by atoms with Crippen LogP contribution in [0.4, 0.5) is 10.3 Å². The van der Waals surface area contributed by atoms with E-state index in [1.807, 2.05) is 48.5 Å². The van der Waals surface area contributed by atoms with Gasteiger partial charge < -0.3 is 20.1 Å². The summed E-state index contributed by atoms with van der Waals surface area (Å²) in [6, 6.07) is 14.8. The lowest BCUT2D eigenvalue weighted by molar-refractivity contribution is -0.116. The summed E-state index contributed by atoms with van der Waals surface area (Å²) in [5.41, 5.74) is 1.72. The fraction of sp³-hybridized carbons (Fsp3) is 0.280. The van der Waals surface area contributed by atoms with Gasteiger partial charge in [-0.1, -0.05) is 46.9 Å². The highest BCUT2D eigenvalue weighted by Crippen LogP contribution is 2.23. The van der Waals surface area contributed by atoms with Crippen LogP contribution in [-0.2, 0) is 34.6 Å². The molecule has 10 nitrogen and oxygen atoms in total. The maximum absolute atomic E-state index is 12.3. The zero-order valence-corrected chi connectivity index (χ0v) is 23.3. The average Bonchev–Trinajstić information content (AvgIpc) is 3.55. The van der Waals surface area contributed by atoms with E-state index in [-0.39, 0.29) is 24.7 Å². The number of anilines is 2. The summed E-state index contributed by atoms with van der Waals surface area (Å²) in [6.07, 6.45) is 1.18. The first-order chi connectivity index (χ1) is 18.5. The minimum absolute atomic E-state index is 0.155. The number of carbonyl (C=O) groups is 2. The number of aromatic nitrogens is 4. The molecule has 13 heteroatoms. The van der Waals surface area contributed by atoms with Gasteiger partial charge >= 0.3 is 0 Å². The summed E-state index contributed by atoms with van der Waals surface area (Å²) in [6.45, 7) is 0. The van der Waals surface area contributed by atoms with Crippen LogP contribution in [0.1, 0.15) is 21.1 Å². The molecule has 2 N–H and O–H groups in total. The summed E-state index contributed by atoms with van der Waals surface area (Å²) in [5, 5.41) is 24.7. The Morgan fingerprint density at radius 3 is 1.87 bits per heavy atom. The van der Waals surface area contributed by atoms with Gasteiger partial charge in [0.05, 0.1) is 27.1 Å². The Kier molecular flexibility index (Phi) is 10.0. The number of aryl methyl sites for hydroxylation is 1. The number of carbonyl (C=O) groups excluding carboxylic acids is 2. The lowest BCUT2D eigenvalue weighted by Gasteiger charge is -2.04. The van der Waals surface area contributed by atoms with Crippen molar-refractivity contribution < 1.29 is 19.1 Å². The van der Waals surface area contributed by atoms with Gasteiger partial charge in [0.15, 0.2) is 0 Å². The quantitative estimate of drug-likeness (QED) is 0.227. The second kappa shape index (κ2) is 13.8. The molecule has 0 bridgehead atoms. The van der Waals surface area contributed by atoms with E-state index in [4.69, 9.17) is 9.47 Å². The summed E-state index contributed by atoms with van der Waals surface area (Å²) in [5.74, 6) is 2.60. The molecule has 0 aliphatic rings. The van der Waals surface area contributed by atoms with Crippen LogP contribution in [0.2, 0.25) is 0 Å². The molecule has 0 saturated carbocycles. The molecule has 198 valence electrons. The molecule has 4 rings (SSSR count). The number of hydrogen-bond donors (Lipinski definition) is 2. The second-order valence-corrected chi connectivity index (χ2v) is 11.2. The van der Waals surface area contributed by atoms with Gasteiger partial charge in [-0.3, -0.25) is 9.59 Å². The predicted octanol–water partition coefficient (Wildman–Crippen LogP) is 4.25. The molecule has 0 aliphatic carbocycles. The Hall–Kier alpha value is -3.55. The Labute approximate surface area is 232 Å². The van der Waals surface area contributed by atoms with Crippen LogP contribution < -0.4 is 20.1 Å². The van der Waals surface area contributed by atoms with Gasteiger partial charge in [0, 0.05) is 17.9 Å². The number of thioether (sulfide) groups is 1. The van der Waals surface area contributed by atoms with E-state index in [2.05, 4.69) is 31.0 Å². The molecule has 0 fully saturated rings. The first-order valence-corrected chi connectivity index (χ1v) is 14.4. The van der Waals surface area contributed by atoms with Crippen LogP contribution in [-0.4, -0.2) is 52.2 Å². The number of nitrogens with one attached hydrogen (secondary N) is 2. The first kappa shape index (κ1) is 27.5. The topological polar surface area (TPSA) is 128 Å². The fourth-order valence-corrected chi connectivity index (χ4v) is 5.99. The third kappa shape index (κ3) is 8.50. The number of nitrogens with zero attached hydrogens (tertiary/aromatic N) is 4. The van der Waals surface area contributed by atoms with Gasteiger partial charge in [0.1, 0.15) is 21.5 Å². The molecule has 0 unspecified atom stereocenters. The van der Waals surface area contributed by atoms with Gasteiger partial charge in [-0.05, 0) is 35.4 Å². The maximum atomic E-state index is 12.3. The van der Waals surface area contributed by atoms with E-state index in [1.54, 1.807) is 26.0 Å². The molecule has 0 atom stereocenters. The normalized spacial score (nSPS) is 10.7. The third-order valence-electron chi connectivity index (χ3n) is 5.11. The predicted molar refractivity (Wildman–Crippen MR) is 150 cm³/mol. The van der Waals surface area contributed by atoms with Gasteiger partial charge in [0.25, 0.3) is 0 Å². The van der Waals surface area contributed by atoms with Crippen molar-refractivity contribution in [3.05, 3.63) is 69.7 Å². The van der Waals surface area contributed by atoms with Crippen LogP contribution >= 0.6 is 34.4 Å². The molecule has 0 saturated heterocycles. The largest absolute Gasteiger partial charge is 0.497 e. The minimum Gasteiger partial charge on any atom is -0.497 e. The second-order valence-electron chi connectivity index (χ2n) is 7.96. The molecule has 2 heterocycles. The molecule has 0 aliphatic heterocycles. The van der Waals surface area contributed by atoms with Crippen LogP contribution in [0, 0.1) is 0 Å². The molecule has 2 aromatic heterocycles. The summed E-state index contributed by atoms with van der Waals surface area (Å²) in [7, 11) is 3.19. The third-order valence-corrected chi connectivity index (χ3v) is 8.00. The van der Waals surface area contributed by atoms with Gasteiger partial charge in [0.2, 0.25) is 22.1 Å². The standard InChI is InChI=1S/C25H26N6O4S3/c1-34-18-7-3-5-16(11-18)13-20(32)26-24-30-28-22(37-24)9-10-36-15-23-29-31-25(38-23)27-21(33)14-17-6-4-8-19(12-17)35-2/h3-8,11-12H,9-10,13-15H2,1-2H3,(H,26,30,32)(H,27,31,33). The number of methoxy groups -OCH3 is 2. The van der Waals surface area contributed by atoms with Crippen molar-refractivity contribution in [3.8, 4) is 11.5 Å². The molecular formula is C25H26N6O4S3. The SMILES string of the molecule is COc1cccc(CC(=O)Nc2nnc(CCSCc3nnc(NC(=O)Cc4cccc(OC)c4)s3)s2)c1. The summed E-state index contributed by atoms with van der Waals surface area (Å²) in [4.78, 5) is 24.7. The van der Waals surface area contributed by atoms with E-state index in [0.717, 1.165) is 33.3 Å². The Bertz CT molecular complexity index is 1270. The van der Waals surface area contributed by atoms with Crippen LogP contribution in [0.5, 0.6) is 11.5 Å². The van der Waals surface area contributed by atoms with E-state index in [0.29, 0.717) is 27.5 Å². The monoisotopic (exact) mass is 570 g/mol.